The molecule has 0 atom stereocenters. The predicted octanol–water partition coefficient (Wildman–Crippen LogP) is 4.42. The summed E-state index contributed by atoms with van der Waals surface area (Å²) in [5, 5.41) is 5.54. The van der Waals surface area contributed by atoms with Gasteiger partial charge in [0.15, 0.2) is 0 Å². The van der Waals surface area contributed by atoms with Crippen molar-refractivity contribution in [3.63, 3.8) is 0 Å². The number of imidazole rings is 2. The second kappa shape index (κ2) is 10.4. The Hall–Kier alpha value is -4.46. The summed E-state index contributed by atoms with van der Waals surface area (Å²) in [6.07, 6.45) is 2.28. The molecule has 8 heteroatoms. The second-order valence-electron chi connectivity index (χ2n) is 10.2. The van der Waals surface area contributed by atoms with Crippen molar-refractivity contribution in [3.8, 4) is 0 Å². The van der Waals surface area contributed by atoms with Crippen molar-refractivity contribution in [1.82, 2.24) is 29.7 Å². The number of H-pyrrole nitrogens is 1. The highest BCUT2D eigenvalue weighted by molar-refractivity contribution is 5.97. The number of aryl methyl sites for hydroxylation is 1. The zero-order valence-corrected chi connectivity index (χ0v) is 22.7. The second-order valence-corrected chi connectivity index (χ2v) is 10.2. The lowest BCUT2D eigenvalue weighted by Gasteiger charge is -2.27. The van der Waals surface area contributed by atoms with E-state index in [1.54, 1.807) is 0 Å². The maximum absolute atomic E-state index is 13.0. The minimum absolute atomic E-state index is 0.0749. The van der Waals surface area contributed by atoms with Crippen LogP contribution in [0.4, 0.5) is 0 Å². The first kappa shape index (κ1) is 24.9. The van der Waals surface area contributed by atoms with Gasteiger partial charge in [-0.05, 0) is 47.9 Å². The highest BCUT2D eigenvalue weighted by Crippen LogP contribution is 2.22. The largest absolute Gasteiger partial charge is 0.354 e. The van der Waals surface area contributed by atoms with E-state index in [9.17, 15) is 4.79 Å². The van der Waals surface area contributed by atoms with E-state index in [0.717, 1.165) is 65.8 Å². The molecule has 0 radical (unpaired) electrons. The molecule has 1 aliphatic heterocycles. The van der Waals surface area contributed by atoms with Gasteiger partial charge in [0.2, 0.25) is 0 Å². The monoisotopic (exact) mass is 519 g/mol. The minimum atomic E-state index is -0.0749. The third kappa shape index (κ3) is 4.90. The molecule has 0 saturated carbocycles. The number of amidine groups is 1. The lowest BCUT2D eigenvalue weighted by atomic mass is 10.0. The Balaban J connectivity index is 1.14. The Morgan fingerprint density at radius 3 is 2.82 bits per heavy atom. The van der Waals surface area contributed by atoms with Gasteiger partial charge in [0.05, 0.1) is 41.2 Å². The smallest absolute Gasteiger partial charge is 0.251 e. The number of carbonyl (C=O) groups excluding carboxylic acids is 1. The highest BCUT2D eigenvalue weighted by Gasteiger charge is 2.22. The molecule has 3 heterocycles. The quantitative estimate of drug-likeness (QED) is 0.257. The first-order valence-electron chi connectivity index (χ1n) is 13.5. The van der Waals surface area contributed by atoms with Gasteiger partial charge in [-0.15, -0.1) is 0 Å². The van der Waals surface area contributed by atoms with Crippen LogP contribution in [0.5, 0.6) is 0 Å². The number of fused-ring (bicyclic) bond motifs is 3. The highest BCUT2D eigenvalue weighted by atomic mass is 16.1. The van der Waals surface area contributed by atoms with Crippen LogP contribution < -0.4 is 5.32 Å². The Morgan fingerprint density at radius 2 is 1.95 bits per heavy atom. The average Bonchev–Trinajstić information content (AvgIpc) is 3.51. The van der Waals surface area contributed by atoms with Crippen LogP contribution in [-0.4, -0.2) is 56.3 Å². The van der Waals surface area contributed by atoms with Gasteiger partial charge in [-0.3, -0.25) is 9.79 Å². The predicted molar refractivity (Wildman–Crippen MR) is 155 cm³/mol. The number of aromatic amines is 1. The van der Waals surface area contributed by atoms with Crippen LogP contribution in [0.25, 0.3) is 21.8 Å². The molecular formula is C31H33N7O. The van der Waals surface area contributed by atoms with Crippen LogP contribution in [-0.2, 0) is 32.9 Å². The molecule has 0 bridgehead atoms. The van der Waals surface area contributed by atoms with E-state index in [1.165, 1.54) is 16.3 Å². The summed E-state index contributed by atoms with van der Waals surface area (Å²) in [4.78, 5) is 32.8. The average molecular weight is 520 g/mol. The van der Waals surface area contributed by atoms with Crippen molar-refractivity contribution in [2.45, 2.75) is 32.7 Å². The topological polar surface area (TPSA) is 91.2 Å². The maximum atomic E-state index is 13.0. The number of nitrogens with one attached hydrogen (secondary N) is 2. The van der Waals surface area contributed by atoms with Gasteiger partial charge < -0.3 is 19.8 Å². The van der Waals surface area contributed by atoms with Crippen molar-refractivity contribution in [2.75, 3.05) is 20.1 Å². The molecule has 1 aliphatic rings. The fourth-order valence-corrected chi connectivity index (χ4v) is 5.47. The Morgan fingerprint density at radius 1 is 1.10 bits per heavy atom. The molecule has 0 fully saturated rings. The summed E-state index contributed by atoms with van der Waals surface area (Å²) in [6.45, 7) is 4.35. The first-order valence-corrected chi connectivity index (χ1v) is 13.5. The number of aliphatic imine (C=N–C) groups is 1. The van der Waals surface area contributed by atoms with Crippen molar-refractivity contribution >= 4 is 33.5 Å². The van der Waals surface area contributed by atoms with E-state index in [0.29, 0.717) is 18.5 Å². The molecule has 39 heavy (non-hydrogen) atoms. The van der Waals surface area contributed by atoms with Crippen molar-refractivity contribution in [3.05, 3.63) is 94.8 Å². The Bertz CT molecular complexity index is 1710. The molecule has 0 spiro atoms. The number of carbonyl (C=O) groups is 1. The van der Waals surface area contributed by atoms with E-state index in [2.05, 4.69) is 61.2 Å². The van der Waals surface area contributed by atoms with E-state index >= 15 is 0 Å². The zero-order valence-electron chi connectivity index (χ0n) is 22.7. The van der Waals surface area contributed by atoms with Gasteiger partial charge in [-0.25, -0.2) is 9.97 Å². The van der Waals surface area contributed by atoms with Crippen LogP contribution in [0.15, 0.2) is 65.7 Å². The van der Waals surface area contributed by atoms with Gasteiger partial charge in [0, 0.05) is 39.2 Å². The van der Waals surface area contributed by atoms with Crippen molar-refractivity contribution in [2.24, 2.45) is 12.0 Å². The molecule has 2 aromatic heterocycles. The molecule has 8 nitrogen and oxygen atoms in total. The van der Waals surface area contributed by atoms with Gasteiger partial charge in [0.1, 0.15) is 11.6 Å². The summed E-state index contributed by atoms with van der Waals surface area (Å²) >= 11 is 0. The summed E-state index contributed by atoms with van der Waals surface area (Å²) in [5.41, 5.74) is 5.96. The van der Waals surface area contributed by atoms with Crippen LogP contribution >= 0.6 is 0 Å². The Kier molecular flexibility index (Phi) is 6.60. The van der Waals surface area contributed by atoms with E-state index in [4.69, 9.17) is 9.97 Å². The molecule has 6 rings (SSSR count). The molecule has 198 valence electrons. The lowest BCUT2D eigenvalue weighted by Crippen LogP contribution is -2.34. The summed E-state index contributed by atoms with van der Waals surface area (Å²) < 4.78 is 2.06. The van der Waals surface area contributed by atoms with Crippen LogP contribution in [0, 0.1) is 0 Å². The normalized spacial score (nSPS) is 13.7. The van der Waals surface area contributed by atoms with Gasteiger partial charge in [-0.2, -0.15) is 0 Å². The summed E-state index contributed by atoms with van der Waals surface area (Å²) in [5.74, 6) is 2.79. The van der Waals surface area contributed by atoms with Crippen LogP contribution in [0.1, 0.15) is 45.9 Å². The van der Waals surface area contributed by atoms with Gasteiger partial charge in [-0.1, -0.05) is 42.5 Å². The fraction of sp³-hybridized carbons (Fsp3) is 0.290. The number of rotatable bonds is 6. The fourth-order valence-electron chi connectivity index (χ4n) is 5.47. The molecule has 0 unspecified atom stereocenters. The summed E-state index contributed by atoms with van der Waals surface area (Å²) in [6, 6.07) is 20.4. The number of hydrogen-bond donors (Lipinski definition) is 2. The SMILES string of the molecule is CN=C(C)N1CCc2nc(Cc3nc4ccc(C(=O)NCCc5cccc6ccccc56)cc4n3C)[nH]c2C1. The standard InChI is InChI=1S/C31H33N7O/c1-20(32-2)38-16-14-25-27(19-38)35-29(34-25)18-30-36-26-12-11-23(17-28(26)37(30)3)31(39)33-15-13-22-9-6-8-21-7-4-5-10-24(21)22/h4-12,17H,13-16,18-19H2,1-3H3,(H,33,39)(H,34,35). The van der Waals surface area contributed by atoms with E-state index in [1.807, 2.05) is 45.3 Å². The molecule has 0 aliphatic carbocycles. The Labute approximate surface area is 227 Å². The van der Waals surface area contributed by atoms with E-state index < -0.39 is 0 Å². The maximum Gasteiger partial charge on any atom is 0.251 e. The molecule has 5 aromatic rings. The lowest BCUT2D eigenvalue weighted by molar-refractivity contribution is 0.0954. The first-order chi connectivity index (χ1) is 19.0. The van der Waals surface area contributed by atoms with E-state index in [-0.39, 0.29) is 5.91 Å². The van der Waals surface area contributed by atoms with Gasteiger partial charge in [0.25, 0.3) is 5.91 Å². The number of nitrogens with zero attached hydrogens (tertiary/aromatic N) is 5. The molecule has 1 amide bonds. The minimum Gasteiger partial charge on any atom is -0.354 e. The third-order valence-corrected chi connectivity index (χ3v) is 7.78. The summed E-state index contributed by atoms with van der Waals surface area (Å²) in [7, 11) is 3.83. The number of hydrogen-bond acceptors (Lipinski definition) is 4. The molecule has 3 aromatic carbocycles. The molecule has 0 saturated heterocycles. The molecule has 2 N–H and O–H groups in total. The third-order valence-electron chi connectivity index (χ3n) is 7.78. The number of benzene rings is 3. The molecular weight excluding hydrogens is 486 g/mol. The zero-order chi connectivity index (χ0) is 26.9. The number of amides is 1. The van der Waals surface area contributed by atoms with Gasteiger partial charge >= 0.3 is 0 Å². The van der Waals surface area contributed by atoms with Crippen LogP contribution in [0.2, 0.25) is 0 Å². The van der Waals surface area contributed by atoms with Crippen molar-refractivity contribution < 1.29 is 4.79 Å². The number of aromatic nitrogens is 4. The van der Waals surface area contributed by atoms with Crippen molar-refractivity contribution in [1.29, 1.82) is 0 Å². The van der Waals surface area contributed by atoms with Crippen LogP contribution in [0.3, 0.4) is 0 Å².